The molecule has 6 heteroatoms. The monoisotopic (exact) mass is 431 g/mol. The second kappa shape index (κ2) is 10.1. The number of methoxy groups -OCH3 is 3. The first-order chi connectivity index (χ1) is 14.1. The lowest BCUT2D eigenvalue weighted by Crippen LogP contribution is -2.18. The molecule has 0 aliphatic rings. The van der Waals surface area contributed by atoms with Gasteiger partial charge in [0.15, 0.2) is 0 Å². The highest BCUT2D eigenvalue weighted by Gasteiger charge is 2.26. The van der Waals surface area contributed by atoms with E-state index in [2.05, 4.69) is 27.7 Å². The summed E-state index contributed by atoms with van der Waals surface area (Å²) in [6.45, 7) is 8.64. The van der Waals surface area contributed by atoms with Gasteiger partial charge in [-0.1, -0.05) is 39.8 Å². The number of ketones is 1. The van der Waals surface area contributed by atoms with Gasteiger partial charge in [-0.2, -0.15) is 0 Å². The molecule has 0 saturated heterocycles. The van der Waals surface area contributed by atoms with E-state index in [1.54, 1.807) is 30.3 Å². The van der Waals surface area contributed by atoms with Crippen LogP contribution in [0, 0.1) is 11.3 Å². The summed E-state index contributed by atoms with van der Waals surface area (Å²) in [6.07, 6.45) is 1.50. The van der Waals surface area contributed by atoms with Gasteiger partial charge in [-0.05, 0) is 29.9 Å². The van der Waals surface area contributed by atoms with Crippen LogP contribution in [-0.2, 0) is 4.57 Å². The van der Waals surface area contributed by atoms with Gasteiger partial charge < -0.3 is 14.2 Å². The third-order valence-electron chi connectivity index (χ3n) is 4.80. The third kappa shape index (κ3) is 5.82. The molecule has 0 spiro atoms. The van der Waals surface area contributed by atoms with Crippen molar-refractivity contribution < 1.29 is 23.6 Å². The second-order valence-corrected chi connectivity index (χ2v) is 10.3. The minimum Gasteiger partial charge on any atom is -0.496 e. The highest BCUT2D eigenvalue weighted by molar-refractivity contribution is 7.53. The number of hydrogen-bond donors (Lipinski definition) is 0. The van der Waals surface area contributed by atoms with Crippen LogP contribution in [0.4, 0.5) is 0 Å². The molecule has 0 heterocycles. The van der Waals surface area contributed by atoms with E-state index in [4.69, 9.17) is 14.2 Å². The van der Waals surface area contributed by atoms with Gasteiger partial charge in [0.1, 0.15) is 30.6 Å². The van der Waals surface area contributed by atoms with Crippen LogP contribution >= 0.6 is 7.80 Å². The molecule has 0 aromatic heterocycles. The van der Waals surface area contributed by atoms with Crippen LogP contribution in [0.5, 0.6) is 17.2 Å². The van der Waals surface area contributed by atoms with Crippen molar-refractivity contribution >= 4 is 18.9 Å². The number of ether oxygens (including phenoxy) is 3. The van der Waals surface area contributed by atoms with Gasteiger partial charge in [0.25, 0.3) is 0 Å². The van der Waals surface area contributed by atoms with Crippen LogP contribution in [0.3, 0.4) is 0 Å². The maximum Gasteiger partial charge on any atom is 0.201 e. The summed E-state index contributed by atoms with van der Waals surface area (Å²) in [5.74, 6) is 1.22. The second-order valence-electron chi connectivity index (χ2n) is 8.68. The predicted molar refractivity (Wildman–Crippen MR) is 121 cm³/mol. The van der Waals surface area contributed by atoms with Crippen LogP contribution in [-0.4, -0.2) is 33.3 Å². The molecule has 0 bridgehead atoms. The van der Waals surface area contributed by atoms with Crippen molar-refractivity contribution in [1.29, 1.82) is 0 Å². The largest absolute Gasteiger partial charge is 0.496 e. The fraction of sp³-hybridized carbons (Fsp3) is 0.458. The average molecular weight is 431 g/mol. The minimum absolute atomic E-state index is 0.161. The Hall–Kier alpha value is -2.39. The van der Waals surface area contributed by atoms with Crippen molar-refractivity contribution in [3.63, 3.8) is 0 Å². The van der Waals surface area contributed by atoms with Crippen molar-refractivity contribution in [1.82, 2.24) is 0 Å². The first-order valence-corrected chi connectivity index (χ1v) is 11.4. The normalized spacial score (nSPS) is 12.8. The Labute approximate surface area is 180 Å². The summed E-state index contributed by atoms with van der Waals surface area (Å²) < 4.78 is 29.4. The van der Waals surface area contributed by atoms with Gasteiger partial charge in [0, 0.05) is 29.2 Å². The Bertz CT molecular complexity index is 889. The van der Waals surface area contributed by atoms with E-state index in [-0.39, 0.29) is 17.1 Å². The minimum atomic E-state index is -1.73. The Morgan fingerprint density at radius 1 is 1.00 bits per heavy atom. The van der Waals surface area contributed by atoms with Crippen molar-refractivity contribution in [2.24, 2.45) is 11.3 Å². The molecule has 0 aliphatic heterocycles. The Morgan fingerprint density at radius 3 is 2.07 bits per heavy atom. The van der Waals surface area contributed by atoms with Gasteiger partial charge in [-0.15, -0.1) is 0 Å². The topological polar surface area (TPSA) is 61.8 Å². The molecule has 0 amide bonds. The maximum atomic E-state index is 13.5. The highest BCUT2D eigenvalue weighted by Crippen LogP contribution is 2.37. The highest BCUT2D eigenvalue weighted by atomic mass is 31.1. The molecular weight excluding hydrogens is 399 g/mol. The molecular formula is C24H32O5P. The van der Waals surface area contributed by atoms with Crippen molar-refractivity contribution in [2.45, 2.75) is 34.1 Å². The molecule has 0 fully saturated rings. The SMILES string of the molecule is COc1cc(OC)c(C(=O)c2ccccc2[P](=O)CC(C)CC(C)(C)C)c(OC)c1. The fourth-order valence-electron chi connectivity index (χ4n) is 3.74. The summed E-state index contributed by atoms with van der Waals surface area (Å²) in [7, 11) is 2.79. The Kier molecular flexibility index (Phi) is 8.03. The van der Waals surface area contributed by atoms with Crippen LogP contribution in [0.1, 0.15) is 50.0 Å². The predicted octanol–water partition coefficient (Wildman–Crippen LogP) is 5.47. The summed E-state index contributed by atoms with van der Waals surface area (Å²) >= 11 is 0. The van der Waals surface area contributed by atoms with E-state index in [1.165, 1.54) is 21.3 Å². The summed E-state index contributed by atoms with van der Waals surface area (Å²) in [6, 6.07) is 10.4. The average Bonchev–Trinajstić information content (AvgIpc) is 2.70. The maximum absolute atomic E-state index is 13.5. The van der Waals surface area contributed by atoms with Crippen LogP contribution in [0.25, 0.3) is 0 Å². The number of hydrogen-bond acceptors (Lipinski definition) is 5. The van der Waals surface area contributed by atoms with Crippen LogP contribution in [0.15, 0.2) is 36.4 Å². The Balaban J connectivity index is 2.45. The molecule has 0 aliphatic carbocycles. The zero-order chi connectivity index (χ0) is 22.5. The Morgan fingerprint density at radius 2 is 1.57 bits per heavy atom. The van der Waals surface area contributed by atoms with Crippen LogP contribution in [0.2, 0.25) is 0 Å². The third-order valence-corrected chi connectivity index (χ3v) is 6.68. The summed E-state index contributed by atoms with van der Waals surface area (Å²) in [5.41, 5.74) is 0.858. The number of rotatable bonds is 9. The van der Waals surface area contributed by atoms with Crippen molar-refractivity contribution in [3.05, 3.63) is 47.5 Å². The standard InChI is InChI=1S/C24H32O5P/c1-16(14-24(2,3)4)15-30(26)21-11-9-8-10-18(21)23(25)22-19(28-6)12-17(27-5)13-20(22)29-7/h8-13,16H,14-15H2,1-7H3. The first kappa shape index (κ1) is 23.9. The van der Waals surface area contributed by atoms with Gasteiger partial charge in [-0.25, -0.2) is 0 Å². The summed E-state index contributed by atoms with van der Waals surface area (Å²) in [5, 5.41) is 0.568. The molecule has 1 radical (unpaired) electrons. The van der Waals surface area contributed by atoms with E-state index >= 15 is 0 Å². The van der Waals surface area contributed by atoms with E-state index in [1.807, 2.05) is 6.07 Å². The van der Waals surface area contributed by atoms with Gasteiger partial charge >= 0.3 is 0 Å². The lowest BCUT2D eigenvalue weighted by molar-refractivity contribution is 0.103. The van der Waals surface area contributed by atoms with E-state index in [0.717, 1.165) is 6.42 Å². The molecule has 2 aromatic rings. The smallest absolute Gasteiger partial charge is 0.201 e. The first-order valence-electron chi connectivity index (χ1n) is 9.99. The quantitative estimate of drug-likeness (QED) is 0.389. The lowest BCUT2D eigenvalue weighted by Gasteiger charge is -2.23. The van der Waals surface area contributed by atoms with Crippen LogP contribution < -0.4 is 19.5 Å². The van der Waals surface area contributed by atoms with E-state index in [0.29, 0.717) is 39.8 Å². The number of benzene rings is 2. The lowest BCUT2D eigenvalue weighted by atomic mass is 9.86. The van der Waals surface area contributed by atoms with E-state index < -0.39 is 7.80 Å². The molecule has 0 N–H and O–H groups in total. The molecule has 0 saturated carbocycles. The molecule has 5 nitrogen and oxygen atoms in total. The van der Waals surface area contributed by atoms with E-state index in [9.17, 15) is 9.36 Å². The zero-order valence-electron chi connectivity index (χ0n) is 18.9. The fourth-order valence-corrected chi connectivity index (χ4v) is 5.33. The van der Waals surface area contributed by atoms with Crippen molar-refractivity contribution in [3.8, 4) is 17.2 Å². The zero-order valence-corrected chi connectivity index (χ0v) is 19.8. The molecule has 2 atom stereocenters. The number of carbonyl (C=O) groups is 1. The molecule has 2 unspecified atom stereocenters. The summed E-state index contributed by atoms with van der Waals surface area (Å²) in [4.78, 5) is 13.5. The molecule has 2 aromatic carbocycles. The van der Waals surface area contributed by atoms with Gasteiger partial charge in [0.05, 0.1) is 21.3 Å². The van der Waals surface area contributed by atoms with Crippen molar-refractivity contribution in [2.75, 3.05) is 27.5 Å². The molecule has 2 rings (SSSR count). The van der Waals surface area contributed by atoms with Gasteiger partial charge in [-0.3, -0.25) is 9.36 Å². The number of carbonyl (C=O) groups excluding carboxylic acids is 1. The molecule has 163 valence electrons. The molecule has 30 heavy (non-hydrogen) atoms. The van der Waals surface area contributed by atoms with Gasteiger partial charge in [0.2, 0.25) is 5.78 Å².